The first kappa shape index (κ1) is 18.7. The standard InChI is InChI=1S/C20H15BrO6/c21-18-11-10-17(26-18)20(23)27-16-9-5-4-8-15(16)19(22)25-13-12-24-14-6-2-1-3-7-14/h1-11H,12-13H2. The van der Waals surface area contributed by atoms with Gasteiger partial charge in [-0.1, -0.05) is 30.3 Å². The molecule has 138 valence electrons. The second-order valence-corrected chi connectivity index (χ2v) is 6.07. The van der Waals surface area contributed by atoms with Gasteiger partial charge in [0.15, 0.2) is 4.67 Å². The van der Waals surface area contributed by atoms with Gasteiger partial charge in [-0.2, -0.15) is 0 Å². The molecular weight excluding hydrogens is 416 g/mol. The smallest absolute Gasteiger partial charge is 0.379 e. The summed E-state index contributed by atoms with van der Waals surface area (Å²) in [5.41, 5.74) is 0.135. The van der Waals surface area contributed by atoms with Crippen LogP contribution in [0.1, 0.15) is 20.9 Å². The maximum Gasteiger partial charge on any atom is 0.379 e. The predicted octanol–water partition coefficient (Wildman–Crippen LogP) is 4.50. The van der Waals surface area contributed by atoms with Gasteiger partial charge in [-0.3, -0.25) is 0 Å². The van der Waals surface area contributed by atoms with Gasteiger partial charge in [0, 0.05) is 0 Å². The van der Waals surface area contributed by atoms with Crippen LogP contribution in [0.4, 0.5) is 0 Å². The third-order valence-corrected chi connectivity index (χ3v) is 3.84. The second kappa shape index (κ2) is 9.05. The fraction of sp³-hybridized carbons (Fsp3) is 0.100. The number of carbonyl (C=O) groups excluding carboxylic acids is 2. The number of halogens is 1. The Labute approximate surface area is 163 Å². The molecule has 0 saturated heterocycles. The van der Waals surface area contributed by atoms with Crippen molar-refractivity contribution in [3.05, 3.63) is 82.7 Å². The molecule has 0 saturated carbocycles. The van der Waals surface area contributed by atoms with Crippen LogP contribution in [0.5, 0.6) is 11.5 Å². The first-order valence-corrected chi connectivity index (χ1v) is 8.84. The van der Waals surface area contributed by atoms with Crippen molar-refractivity contribution >= 4 is 27.9 Å². The highest BCUT2D eigenvalue weighted by atomic mass is 79.9. The molecule has 0 spiro atoms. The van der Waals surface area contributed by atoms with E-state index in [4.69, 9.17) is 18.6 Å². The number of para-hydroxylation sites is 2. The first-order valence-electron chi connectivity index (χ1n) is 8.05. The van der Waals surface area contributed by atoms with Gasteiger partial charge in [-0.05, 0) is 52.3 Å². The topological polar surface area (TPSA) is 75.0 Å². The quantitative estimate of drug-likeness (QED) is 0.312. The summed E-state index contributed by atoms with van der Waals surface area (Å²) >= 11 is 3.12. The van der Waals surface area contributed by atoms with Crippen molar-refractivity contribution in [2.75, 3.05) is 13.2 Å². The van der Waals surface area contributed by atoms with Crippen LogP contribution < -0.4 is 9.47 Å². The lowest BCUT2D eigenvalue weighted by molar-refractivity contribution is 0.0445. The van der Waals surface area contributed by atoms with Gasteiger partial charge in [-0.15, -0.1) is 0 Å². The largest absolute Gasteiger partial charge is 0.490 e. The molecule has 0 fully saturated rings. The third-order valence-electron chi connectivity index (χ3n) is 3.41. The highest BCUT2D eigenvalue weighted by Crippen LogP contribution is 2.22. The van der Waals surface area contributed by atoms with E-state index in [1.54, 1.807) is 18.2 Å². The summed E-state index contributed by atoms with van der Waals surface area (Å²) in [6, 6.07) is 18.6. The zero-order valence-corrected chi connectivity index (χ0v) is 15.7. The zero-order valence-electron chi connectivity index (χ0n) is 14.1. The zero-order chi connectivity index (χ0) is 19.1. The molecule has 2 aromatic carbocycles. The first-order chi connectivity index (χ1) is 13.1. The molecule has 0 aliphatic carbocycles. The Hall–Kier alpha value is -3.06. The number of carbonyl (C=O) groups is 2. The highest BCUT2D eigenvalue weighted by molar-refractivity contribution is 9.10. The van der Waals surface area contributed by atoms with Crippen LogP contribution in [0.15, 0.2) is 75.8 Å². The Morgan fingerprint density at radius 2 is 1.59 bits per heavy atom. The van der Waals surface area contributed by atoms with Gasteiger partial charge in [-0.25, -0.2) is 9.59 Å². The summed E-state index contributed by atoms with van der Waals surface area (Å²) in [5, 5.41) is 0. The molecule has 27 heavy (non-hydrogen) atoms. The van der Waals surface area contributed by atoms with E-state index >= 15 is 0 Å². The van der Waals surface area contributed by atoms with Crippen LogP contribution in [-0.2, 0) is 4.74 Å². The van der Waals surface area contributed by atoms with Crippen molar-refractivity contribution in [1.82, 2.24) is 0 Å². The lowest BCUT2D eigenvalue weighted by atomic mass is 10.2. The van der Waals surface area contributed by atoms with E-state index in [2.05, 4.69) is 15.9 Å². The third kappa shape index (κ3) is 5.21. The van der Waals surface area contributed by atoms with E-state index in [-0.39, 0.29) is 30.3 Å². The number of benzene rings is 2. The van der Waals surface area contributed by atoms with Gasteiger partial charge in [0.2, 0.25) is 5.76 Å². The Kier molecular flexibility index (Phi) is 6.27. The van der Waals surface area contributed by atoms with E-state index in [9.17, 15) is 9.59 Å². The molecule has 6 nitrogen and oxygen atoms in total. The number of furan rings is 1. The van der Waals surface area contributed by atoms with Crippen LogP contribution in [0, 0.1) is 0 Å². The average Bonchev–Trinajstić information content (AvgIpc) is 3.13. The lowest BCUT2D eigenvalue weighted by Crippen LogP contribution is -2.15. The molecule has 0 bridgehead atoms. The molecule has 0 N–H and O–H groups in total. The van der Waals surface area contributed by atoms with E-state index < -0.39 is 11.9 Å². The Morgan fingerprint density at radius 1 is 0.852 bits per heavy atom. The monoisotopic (exact) mass is 430 g/mol. The summed E-state index contributed by atoms with van der Waals surface area (Å²) in [6.45, 7) is 0.263. The van der Waals surface area contributed by atoms with E-state index in [1.807, 2.05) is 30.3 Å². The van der Waals surface area contributed by atoms with Gasteiger partial charge < -0.3 is 18.6 Å². The molecule has 1 heterocycles. The molecule has 0 aliphatic rings. The van der Waals surface area contributed by atoms with Crippen LogP contribution in [0.2, 0.25) is 0 Å². The summed E-state index contributed by atoms with van der Waals surface area (Å²) in [6.07, 6.45) is 0. The Bertz CT molecular complexity index is 919. The second-order valence-electron chi connectivity index (χ2n) is 5.29. The summed E-state index contributed by atoms with van der Waals surface area (Å²) in [5.74, 6) is -0.540. The molecular formula is C20H15BrO6. The maximum absolute atomic E-state index is 12.3. The number of rotatable bonds is 7. The van der Waals surface area contributed by atoms with Gasteiger partial charge in [0.1, 0.15) is 30.3 Å². The van der Waals surface area contributed by atoms with Gasteiger partial charge in [0.05, 0.1) is 0 Å². The fourth-order valence-electron chi connectivity index (χ4n) is 2.19. The maximum atomic E-state index is 12.3. The number of hydrogen-bond donors (Lipinski definition) is 0. The van der Waals surface area contributed by atoms with Gasteiger partial charge in [0.25, 0.3) is 0 Å². The lowest BCUT2D eigenvalue weighted by Gasteiger charge is -2.10. The molecule has 0 aliphatic heterocycles. The molecule has 0 atom stereocenters. The minimum atomic E-state index is -0.714. The SMILES string of the molecule is O=C(Oc1ccccc1C(=O)OCCOc1ccccc1)c1ccc(Br)o1. The van der Waals surface area contributed by atoms with Crippen molar-refractivity contribution in [1.29, 1.82) is 0 Å². The number of ether oxygens (including phenoxy) is 3. The van der Waals surface area contributed by atoms with Crippen molar-refractivity contribution in [2.45, 2.75) is 0 Å². The van der Waals surface area contributed by atoms with Crippen molar-refractivity contribution in [3.63, 3.8) is 0 Å². The van der Waals surface area contributed by atoms with E-state index in [0.29, 0.717) is 10.4 Å². The Balaban J connectivity index is 1.57. The van der Waals surface area contributed by atoms with Crippen molar-refractivity contribution < 1.29 is 28.2 Å². The molecule has 0 unspecified atom stereocenters. The van der Waals surface area contributed by atoms with Gasteiger partial charge >= 0.3 is 11.9 Å². The molecule has 1 aromatic heterocycles. The van der Waals surface area contributed by atoms with E-state index in [1.165, 1.54) is 18.2 Å². The number of hydrogen-bond acceptors (Lipinski definition) is 6. The van der Waals surface area contributed by atoms with Crippen LogP contribution in [-0.4, -0.2) is 25.2 Å². The minimum Gasteiger partial charge on any atom is -0.490 e. The minimum absolute atomic E-state index is 0.0151. The number of esters is 2. The average molecular weight is 431 g/mol. The van der Waals surface area contributed by atoms with Crippen LogP contribution in [0.25, 0.3) is 0 Å². The predicted molar refractivity (Wildman–Crippen MR) is 100 cm³/mol. The molecule has 0 amide bonds. The molecule has 3 rings (SSSR count). The molecule has 3 aromatic rings. The van der Waals surface area contributed by atoms with Crippen LogP contribution in [0.3, 0.4) is 0 Å². The molecule has 7 heteroatoms. The van der Waals surface area contributed by atoms with E-state index in [0.717, 1.165) is 0 Å². The van der Waals surface area contributed by atoms with Crippen molar-refractivity contribution in [3.8, 4) is 11.5 Å². The summed E-state index contributed by atoms with van der Waals surface area (Å²) < 4.78 is 21.5. The van der Waals surface area contributed by atoms with Crippen molar-refractivity contribution in [2.24, 2.45) is 0 Å². The summed E-state index contributed by atoms with van der Waals surface area (Å²) in [4.78, 5) is 24.4. The normalized spacial score (nSPS) is 10.3. The van der Waals surface area contributed by atoms with Crippen LogP contribution >= 0.6 is 15.9 Å². The Morgan fingerprint density at radius 3 is 2.33 bits per heavy atom. The fourth-order valence-corrected chi connectivity index (χ4v) is 2.49. The summed E-state index contributed by atoms with van der Waals surface area (Å²) in [7, 11) is 0. The highest BCUT2D eigenvalue weighted by Gasteiger charge is 2.19. The molecule has 0 radical (unpaired) electrons.